The Hall–Kier alpha value is -2.96. The van der Waals surface area contributed by atoms with Crippen LogP contribution in [0.3, 0.4) is 0 Å². The number of aromatic nitrogens is 1. The number of carbonyl (C=O) groups excluding carboxylic acids is 2. The average Bonchev–Trinajstić information content (AvgIpc) is 2.59. The lowest BCUT2D eigenvalue weighted by Gasteiger charge is -2.22. The zero-order valence-electron chi connectivity index (χ0n) is 14.4. The van der Waals surface area contributed by atoms with Crippen molar-refractivity contribution in [3.05, 3.63) is 65.7 Å². The second kappa shape index (κ2) is 8.23. The number of hydrogen-bond acceptors (Lipinski definition) is 3. The highest BCUT2D eigenvalue weighted by Gasteiger charge is 2.22. The van der Waals surface area contributed by atoms with E-state index < -0.39 is 23.9 Å². The van der Waals surface area contributed by atoms with E-state index in [4.69, 9.17) is 0 Å². The summed E-state index contributed by atoms with van der Waals surface area (Å²) in [4.78, 5) is 29.8. The molecule has 0 fully saturated rings. The van der Waals surface area contributed by atoms with Crippen LogP contribution < -0.4 is 10.6 Å². The molecular weight excluding hydrogens is 323 g/mol. The van der Waals surface area contributed by atoms with E-state index in [9.17, 15) is 14.0 Å². The third kappa shape index (κ3) is 5.00. The molecule has 2 atom stereocenters. The van der Waals surface area contributed by atoms with Gasteiger partial charge in [0.15, 0.2) is 0 Å². The second-order valence-corrected chi connectivity index (χ2v) is 5.81. The minimum absolute atomic E-state index is 0.227. The molecule has 0 bridgehead atoms. The summed E-state index contributed by atoms with van der Waals surface area (Å²) in [6.45, 7) is 1.60. The summed E-state index contributed by atoms with van der Waals surface area (Å²) in [7, 11) is 3.23. The van der Waals surface area contributed by atoms with E-state index in [2.05, 4.69) is 15.6 Å². The van der Waals surface area contributed by atoms with Gasteiger partial charge >= 0.3 is 6.03 Å². The number of nitrogens with one attached hydrogen (secondary N) is 2. The number of urea groups is 1. The normalized spacial score (nSPS) is 12.8. The molecule has 0 saturated carbocycles. The van der Waals surface area contributed by atoms with E-state index in [1.54, 1.807) is 57.5 Å². The van der Waals surface area contributed by atoms with Gasteiger partial charge in [-0.2, -0.15) is 0 Å². The first-order valence-corrected chi connectivity index (χ1v) is 7.83. The smallest absolute Gasteiger partial charge is 0.316 e. The molecule has 7 heteroatoms. The highest BCUT2D eigenvalue weighted by Crippen LogP contribution is 2.20. The van der Waals surface area contributed by atoms with Gasteiger partial charge in [0.05, 0.1) is 11.7 Å². The van der Waals surface area contributed by atoms with Gasteiger partial charge in [-0.15, -0.1) is 0 Å². The molecule has 0 saturated heterocycles. The zero-order chi connectivity index (χ0) is 18.4. The number of pyridine rings is 1. The summed E-state index contributed by atoms with van der Waals surface area (Å²) < 4.78 is 13.6. The Labute approximate surface area is 146 Å². The number of likely N-dealkylation sites (N-methyl/N-ethyl adjacent to an activating group) is 1. The summed E-state index contributed by atoms with van der Waals surface area (Å²) in [5.41, 5.74) is 1.12. The van der Waals surface area contributed by atoms with Crippen LogP contribution in [0, 0.1) is 5.82 Å². The molecule has 6 nitrogen and oxygen atoms in total. The number of amides is 3. The lowest BCUT2D eigenvalue weighted by molar-refractivity contribution is -0.130. The van der Waals surface area contributed by atoms with E-state index in [0.717, 1.165) is 0 Å². The predicted molar refractivity (Wildman–Crippen MR) is 92.3 cm³/mol. The van der Waals surface area contributed by atoms with Crippen molar-refractivity contribution >= 4 is 11.9 Å². The van der Waals surface area contributed by atoms with Gasteiger partial charge in [0, 0.05) is 20.3 Å². The summed E-state index contributed by atoms with van der Waals surface area (Å²) >= 11 is 0. The highest BCUT2D eigenvalue weighted by atomic mass is 19.1. The van der Waals surface area contributed by atoms with Crippen molar-refractivity contribution in [2.45, 2.75) is 19.0 Å². The third-order valence-electron chi connectivity index (χ3n) is 3.60. The minimum atomic E-state index is -0.688. The Bertz CT molecular complexity index is 737. The van der Waals surface area contributed by atoms with Gasteiger partial charge < -0.3 is 15.5 Å². The first kappa shape index (κ1) is 18.4. The third-order valence-corrected chi connectivity index (χ3v) is 3.60. The lowest BCUT2D eigenvalue weighted by Crippen LogP contribution is -2.49. The molecule has 0 aliphatic heterocycles. The summed E-state index contributed by atoms with van der Waals surface area (Å²) in [5.74, 6) is -0.632. The van der Waals surface area contributed by atoms with Crippen molar-refractivity contribution < 1.29 is 14.0 Å². The number of rotatable bonds is 5. The van der Waals surface area contributed by atoms with Crippen molar-refractivity contribution in [2.24, 2.45) is 0 Å². The molecule has 1 aromatic carbocycles. The van der Waals surface area contributed by atoms with E-state index in [1.165, 1.54) is 17.0 Å². The monoisotopic (exact) mass is 344 g/mol. The fourth-order valence-corrected chi connectivity index (χ4v) is 2.38. The van der Waals surface area contributed by atoms with Crippen LogP contribution >= 0.6 is 0 Å². The van der Waals surface area contributed by atoms with Gasteiger partial charge in [0.1, 0.15) is 11.9 Å². The molecule has 25 heavy (non-hydrogen) atoms. The molecule has 1 heterocycles. The number of nitrogens with zero attached hydrogens (tertiary/aromatic N) is 2. The average molecular weight is 344 g/mol. The standard InChI is InChI=1S/C18H21FN4O2/c1-12(17(24)23(2)3)21-18(25)22-16(15-9-4-5-10-20-15)13-7-6-8-14(19)11-13/h4-12,16H,1-3H3,(H2,21,22,25)/t12-,16?/m0/s1. The highest BCUT2D eigenvalue weighted by molar-refractivity contribution is 5.86. The molecule has 1 aromatic heterocycles. The molecule has 0 spiro atoms. The largest absolute Gasteiger partial charge is 0.347 e. The van der Waals surface area contributed by atoms with Crippen LogP contribution in [0.5, 0.6) is 0 Å². The Kier molecular flexibility index (Phi) is 6.05. The number of hydrogen-bond donors (Lipinski definition) is 2. The second-order valence-electron chi connectivity index (χ2n) is 5.81. The first-order valence-electron chi connectivity index (χ1n) is 7.83. The topological polar surface area (TPSA) is 74.3 Å². The van der Waals surface area contributed by atoms with Crippen molar-refractivity contribution in [3.63, 3.8) is 0 Å². The van der Waals surface area contributed by atoms with E-state index in [0.29, 0.717) is 11.3 Å². The number of carbonyl (C=O) groups is 2. The molecule has 2 aromatic rings. The molecule has 1 unspecified atom stereocenters. The summed E-state index contributed by atoms with van der Waals surface area (Å²) in [6.07, 6.45) is 1.60. The van der Waals surface area contributed by atoms with Crippen LogP contribution in [-0.4, -0.2) is 42.0 Å². The maximum atomic E-state index is 13.6. The van der Waals surface area contributed by atoms with Crippen LogP contribution in [0.25, 0.3) is 0 Å². The zero-order valence-corrected chi connectivity index (χ0v) is 14.4. The molecule has 3 amide bonds. The Morgan fingerprint density at radius 3 is 2.48 bits per heavy atom. The number of halogens is 1. The molecule has 0 radical (unpaired) electrons. The van der Waals surface area contributed by atoms with Gasteiger partial charge in [-0.25, -0.2) is 9.18 Å². The molecule has 2 rings (SSSR count). The molecule has 132 valence electrons. The molecule has 0 aliphatic carbocycles. The predicted octanol–water partition coefficient (Wildman–Crippen LogP) is 2.09. The lowest BCUT2D eigenvalue weighted by atomic mass is 10.0. The van der Waals surface area contributed by atoms with Gasteiger partial charge in [0.2, 0.25) is 5.91 Å². The van der Waals surface area contributed by atoms with Gasteiger partial charge in [0.25, 0.3) is 0 Å². The van der Waals surface area contributed by atoms with Gasteiger partial charge in [-0.3, -0.25) is 9.78 Å². The van der Waals surface area contributed by atoms with Gasteiger partial charge in [-0.1, -0.05) is 18.2 Å². The fraction of sp³-hybridized carbons (Fsp3) is 0.278. The number of benzene rings is 1. The van der Waals surface area contributed by atoms with Crippen LogP contribution in [0.1, 0.15) is 24.2 Å². The van der Waals surface area contributed by atoms with Crippen LogP contribution in [0.2, 0.25) is 0 Å². The van der Waals surface area contributed by atoms with Crippen molar-refractivity contribution in [2.75, 3.05) is 14.1 Å². The van der Waals surface area contributed by atoms with Gasteiger partial charge in [-0.05, 0) is 36.8 Å². The van der Waals surface area contributed by atoms with Crippen LogP contribution in [0.15, 0.2) is 48.7 Å². The van der Waals surface area contributed by atoms with Crippen LogP contribution in [-0.2, 0) is 4.79 Å². The summed E-state index contributed by atoms with van der Waals surface area (Å²) in [5, 5.41) is 5.33. The Morgan fingerprint density at radius 1 is 1.12 bits per heavy atom. The van der Waals surface area contributed by atoms with E-state index >= 15 is 0 Å². The van der Waals surface area contributed by atoms with Crippen molar-refractivity contribution in [1.82, 2.24) is 20.5 Å². The Balaban J connectivity index is 2.20. The molecular formula is C18H21FN4O2. The Morgan fingerprint density at radius 2 is 1.88 bits per heavy atom. The summed E-state index contributed by atoms with van der Waals surface area (Å²) in [6, 6.07) is 9.36. The maximum Gasteiger partial charge on any atom is 0.316 e. The van der Waals surface area contributed by atoms with Crippen LogP contribution in [0.4, 0.5) is 9.18 Å². The van der Waals surface area contributed by atoms with Crippen molar-refractivity contribution in [1.29, 1.82) is 0 Å². The van der Waals surface area contributed by atoms with E-state index in [-0.39, 0.29) is 5.91 Å². The van der Waals surface area contributed by atoms with E-state index in [1.807, 2.05) is 0 Å². The minimum Gasteiger partial charge on any atom is -0.347 e. The first-order chi connectivity index (χ1) is 11.9. The maximum absolute atomic E-state index is 13.6. The molecule has 0 aliphatic rings. The molecule has 2 N–H and O–H groups in total. The fourth-order valence-electron chi connectivity index (χ4n) is 2.38. The van der Waals surface area contributed by atoms with Crippen molar-refractivity contribution in [3.8, 4) is 0 Å². The quantitative estimate of drug-likeness (QED) is 0.872. The SMILES string of the molecule is C[C@H](NC(=O)NC(c1cccc(F)c1)c1ccccn1)C(=O)N(C)C.